The molecule has 0 atom stereocenters. The van der Waals surface area contributed by atoms with Gasteiger partial charge < -0.3 is 15.2 Å². The quantitative estimate of drug-likeness (QED) is 0.474. The minimum absolute atomic E-state index is 0.602. The number of nitrogens with zero attached hydrogens (tertiary/aromatic N) is 2. The van der Waals surface area contributed by atoms with Crippen LogP contribution in [-0.4, -0.2) is 22.6 Å². The van der Waals surface area contributed by atoms with Crippen LogP contribution in [0.3, 0.4) is 0 Å². The zero-order chi connectivity index (χ0) is 19.9. The van der Waals surface area contributed by atoms with Gasteiger partial charge in [0.05, 0.1) is 12.2 Å². The highest BCUT2D eigenvalue weighted by molar-refractivity contribution is 5.83. The Labute approximate surface area is 167 Å². The number of nitrogens with one attached hydrogen (secondary N) is 2. The van der Waals surface area contributed by atoms with Gasteiger partial charge >= 0.3 is 0 Å². The molecule has 3 rings (SSSR count). The van der Waals surface area contributed by atoms with Gasteiger partial charge in [-0.05, 0) is 62.6 Å². The minimum atomic E-state index is 0.602. The van der Waals surface area contributed by atoms with Gasteiger partial charge in [-0.25, -0.2) is 0 Å². The molecule has 4 heteroatoms. The fourth-order valence-corrected chi connectivity index (χ4v) is 3.23. The molecule has 0 radical (unpaired) electrons. The molecule has 0 aliphatic carbocycles. The summed E-state index contributed by atoms with van der Waals surface area (Å²) in [5.41, 5.74) is 6.75. The summed E-state index contributed by atoms with van der Waals surface area (Å²) in [5, 5.41) is 7.98. The molecular weight excluding hydrogens is 344 g/mol. The topological polar surface area (TPSA) is 41.9 Å². The second kappa shape index (κ2) is 9.25. The highest BCUT2D eigenvalue weighted by Crippen LogP contribution is 2.21. The maximum absolute atomic E-state index is 4.21. The van der Waals surface area contributed by atoms with Crippen LogP contribution < -0.4 is 10.6 Å². The molecule has 2 aromatic heterocycles. The van der Waals surface area contributed by atoms with Crippen molar-refractivity contribution in [1.82, 2.24) is 14.9 Å². The van der Waals surface area contributed by atoms with Crippen molar-refractivity contribution in [1.29, 1.82) is 0 Å². The summed E-state index contributed by atoms with van der Waals surface area (Å²) in [6.07, 6.45) is 1.81. The van der Waals surface area contributed by atoms with E-state index in [0.29, 0.717) is 6.54 Å². The molecule has 0 aliphatic heterocycles. The molecule has 0 bridgehead atoms. The second-order valence-corrected chi connectivity index (χ2v) is 7.07. The van der Waals surface area contributed by atoms with Crippen LogP contribution in [0.1, 0.15) is 30.8 Å². The zero-order valence-corrected chi connectivity index (χ0v) is 17.0. The molecule has 0 spiro atoms. The van der Waals surface area contributed by atoms with E-state index in [2.05, 4.69) is 69.8 Å². The summed E-state index contributed by atoms with van der Waals surface area (Å²) in [6, 6.07) is 12.8. The fourth-order valence-electron chi connectivity index (χ4n) is 3.23. The standard InChI is InChI=1S/C24H28N4/c1-5-28-23(7-6-11-27-22-10-12-26-19(4)13-22)15-21-14-20(8-9-24(21)28)17-25-16-18(2)3/h8-10,12-15,25H,2,5,11,16-17H2,1,3-4H3,(H,26,27). The van der Waals surface area contributed by atoms with E-state index in [1.54, 1.807) is 0 Å². The first kappa shape index (κ1) is 19.7. The lowest BCUT2D eigenvalue weighted by molar-refractivity contribution is 0.741. The van der Waals surface area contributed by atoms with Crippen molar-refractivity contribution in [3.8, 4) is 11.8 Å². The third-order valence-electron chi connectivity index (χ3n) is 4.53. The lowest BCUT2D eigenvalue weighted by Crippen LogP contribution is -2.14. The number of aryl methyl sites for hydroxylation is 2. The lowest BCUT2D eigenvalue weighted by Gasteiger charge is -2.06. The summed E-state index contributed by atoms with van der Waals surface area (Å²) < 4.78 is 2.27. The number of anilines is 1. The number of rotatable bonds is 7. The van der Waals surface area contributed by atoms with Gasteiger partial charge in [0.2, 0.25) is 0 Å². The van der Waals surface area contributed by atoms with Crippen LogP contribution in [0.15, 0.2) is 54.7 Å². The number of fused-ring (bicyclic) bond motifs is 1. The summed E-state index contributed by atoms with van der Waals surface area (Å²) in [6.45, 7) is 13.3. The molecule has 0 unspecified atom stereocenters. The first-order chi connectivity index (χ1) is 13.6. The van der Waals surface area contributed by atoms with Gasteiger partial charge in [-0.3, -0.25) is 4.98 Å². The van der Waals surface area contributed by atoms with Gasteiger partial charge in [-0.15, -0.1) is 0 Å². The number of benzene rings is 1. The molecule has 3 aromatic rings. The van der Waals surface area contributed by atoms with Crippen LogP contribution in [0.5, 0.6) is 0 Å². The van der Waals surface area contributed by atoms with Crippen LogP contribution in [0, 0.1) is 18.8 Å². The summed E-state index contributed by atoms with van der Waals surface area (Å²) in [5.74, 6) is 6.57. The molecule has 4 nitrogen and oxygen atoms in total. The SMILES string of the molecule is C=C(C)CNCc1ccc2c(c1)cc(C#CCNc1ccnc(C)c1)n2CC. The molecule has 0 saturated carbocycles. The van der Waals surface area contributed by atoms with Crippen LogP contribution >= 0.6 is 0 Å². The zero-order valence-electron chi connectivity index (χ0n) is 17.0. The Morgan fingerprint density at radius 3 is 2.82 bits per heavy atom. The van der Waals surface area contributed by atoms with E-state index in [1.807, 2.05) is 32.2 Å². The Bertz CT molecular complexity index is 1030. The van der Waals surface area contributed by atoms with Crippen LogP contribution in [0.25, 0.3) is 10.9 Å². The van der Waals surface area contributed by atoms with E-state index in [9.17, 15) is 0 Å². The maximum atomic E-state index is 4.21. The Morgan fingerprint density at radius 2 is 2.07 bits per heavy atom. The largest absolute Gasteiger partial charge is 0.374 e. The van der Waals surface area contributed by atoms with Crippen LogP contribution in [0.4, 0.5) is 5.69 Å². The normalized spacial score (nSPS) is 10.5. The number of pyridine rings is 1. The van der Waals surface area contributed by atoms with E-state index in [1.165, 1.54) is 16.5 Å². The van der Waals surface area contributed by atoms with E-state index < -0.39 is 0 Å². The fraction of sp³-hybridized carbons (Fsp3) is 0.292. The van der Waals surface area contributed by atoms with E-state index in [0.717, 1.165) is 42.3 Å². The predicted octanol–water partition coefficient (Wildman–Crippen LogP) is 4.49. The van der Waals surface area contributed by atoms with Crippen molar-refractivity contribution in [2.45, 2.75) is 33.9 Å². The number of aromatic nitrogens is 2. The first-order valence-corrected chi connectivity index (χ1v) is 9.69. The van der Waals surface area contributed by atoms with Crippen molar-refractivity contribution >= 4 is 16.6 Å². The van der Waals surface area contributed by atoms with Gasteiger partial charge in [0.15, 0.2) is 0 Å². The van der Waals surface area contributed by atoms with Crippen molar-refractivity contribution in [3.63, 3.8) is 0 Å². The van der Waals surface area contributed by atoms with Crippen LogP contribution in [-0.2, 0) is 13.1 Å². The molecule has 0 saturated heterocycles. The smallest absolute Gasteiger partial charge is 0.0931 e. The predicted molar refractivity (Wildman–Crippen MR) is 118 cm³/mol. The van der Waals surface area contributed by atoms with Crippen molar-refractivity contribution in [2.75, 3.05) is 18.4 Å². The van der Waals surface area contributed by atoms with E-state index in [-0.39, 0.29) is 0 Å². The molecule has 0 aliphatic rings. The minimum Gasteiger partial charge on any atom is -0.374 e. The Morgan fingerprint density at radius 1 is 1.21 bits per heavy atom. The molecule has 1 aromatic carbocycles. The molecule has 0 amide bonds. The average Bonchev–Trinajstić information content (AvgIpc) is 3.01. The van der Waals surface area contributed by atoms with Gasteiger partial charge in [0, 0.05) is 48.1 Å². The molecule has 144 valence electrons. The average molecular weight is 373 g/mol. The third kappa shape index (κ3) is 5.03. The number of hydrogen-bond donors (Lipinski definition) is 2. The van der Waals surface area contributed by atoms with E-state index in [4.69, 9.17) is 0 Å². The molecule has 2 heterocycles. The summed E-state index contributed by atoms with van der Waals surface area (Å²) in [4.78, 5) is 4.21. The molecule has 0 fully saturated rings. The Balaban J connectivity index is 1.73. The van der Waals surface area contributed by atoms with Crippen LogP contribution in [0.2, 0.25) is 0 Å². The van der Waals surface area contributed by atoms with Gasteiger partial charge in [0.1, 0.15) is 0 Å². The Hall–Kier alpha value is -3.03. The van der Waals surface area contributed by atoms with E-state index >= 15 is 0 Å². The lowest BCUT2D eigenvalue weighted by atomic mass is 10.1. The van der Waals surface area contributed by atoms with Crippen molar-refractivity contribution in [3.05, 3.63) is 71.7 Å². The maximum Gasteiger partial charge on any atom is 0.0931 e. The first-order valence-electron chi connectivity index (χ1n) is 9.69. The van der Waals surface area contributed by atoms with Crippen molar-refractivity contribution in [2.24, 2.45) is 0 Å². The Kier molecular flexibility index (Phi) is 6.52. The second-order valence-electron chi connectivity index (χ2n) is 7.07. The molecule has 28 heavy (non-hydrogen) atoms. The highest BCUT2D eigenvalue weighted by atomic mass is 15.0. The number of hydrogen-bond acceptors (Lipinski definition) is 3. The molecule has 2 N–H and O–H groups in total. The van der Waals surface area contributed by atoms with Crippen molar-refractivity contribution < 1.29 is 0 Å². The summed E-state index contributed by atoms with van der Waals surface area (Å²) >= 11 is 0. The third-order valence-corrected chi connectivity index (χ3v) is 4.53. The summed E-state index contributed by atoms with van der Waals surface area (Å²) in [7, 11) is 0. The monoisotopic (exact) mass is 372 g/mol. The van der Waals surface area contributed by atoms with Gasteiger partial charge in [0.25, 0.3) is 0 Å². The molecular formula is C24H28N4. The van der Waals surface area contributed by atoms with Gasteiger partial charge in [-0.2, -0.15) is 0 Å². The van der Waals surface area contributed by atoms with Gasteiger partial charge in [-0.1, -0.05) is 24.1 Å². The highest BCUT2D eigenvalue weighted by Gasteiger charge is 2.06.